The predicted octanol–water partition coefficient (Wildman–Crippen LogP) is 4.78. The molecule has 3 aromatic heterocycles. The highest BCUT2D eigenvalue weighted by atomic mass is 19.4. The molecule has 2 aromatic carbocycles. The van der Waals surface area contributed by atoms with Gasteiger partial charge < -0.3 is 4.57 Å². The summed E-state index contributed by atoms with van der Waals surface area (Å²) in [7, 11) is 0. The number of nitrogens with zero attached hydrogens (tertiary/aromatic N) is 4. The third-order valence-corrected chi connectivity index (χ3v) is 5.11. The molecule has 0 bridgehead atoms. The third kappa shape index (κ3) is 3.35. The quantitative estimate of drug-likeness (QED) is 0.422. The van der Waals surface area contributed by atoms with Gasteiger partial charge in [0, 0.05) is 24.0 Å². The Hall–Kier alpha value is -3.94. The monoisotopic (exact) mass is 420 g/mol. The molecular formula is C23H15F3N4O. The lowest BCUT2D eigenvalue weighted by Crippen LogP contribution is -2.15. The van der Waals surface area contributed by atoms with Gasteiger partial charge in [-0.3, -0.25) is 9.78 Å². The molecule has 5 aromatic rings. The van der Waals surface area contributed by atoms with Gasteiger partial charge in [0.25, 0.3) is 5.56 Å². The summed E-state index contributed by atoms with van der Waals surface area (Å²) in [6, 6.07) is 17.4. The van der Waals surface area contributed by atoms with Crippen LogP contribution in [0.1, 0.15) is 11.1 Å². The van der Waals surface area contributed by atoms with Crippen molar-refractivity contribution >= 4 is 16.8 Å². The van der Waals surface area contributed by atoms with E-state index in [0.29, 0.717) is 33.6 Å². The lowest BCUT2D eigenvalue weighted by Gasteiger charge is -2.11. The smallest absolute Gasteiger partial charge is 0.305 e. The highest BCUT2D eigenvalue weighted by molar-refractivity contribution is 5.81. The fraction of sp³-hybridized carbons (Fsp3) is 0.0870. The van der Waals surface area contributed by atoms with E-state index in [4.69, 9.17) is 0 Å². The lowest BCUT2D eigenvalue weighted by atomic mass is 10.1. The molecule has 0 unspecified atom stereocenters. The molecule has 0 saturated heterocycles. The summed E-state index contributed by atoms with van der Waals surface area (Å²) >= 11 is 0. The Bertz CT molecular complexity index is 1470. The first-order valence-electron chi connectivity index (χ1n) is 9.49. The number of alkyl halides is 3. The Morgan fingerprint density at radius 2 is 1.71 bits per heavy atom. The molecule has 0 radical (unpaired) electrons. The second kappa shape index (κ2) is 7.09. The molecule has 31 heavy (non-hydrogen) atoms. The maximum absolute atomic E-state index is 13.2. The van der Waals surface area contributed by atoms with Gasteiger partial charge in [-0.2, -0.15) is 13.2 Å². The highest BCUT2D eigenvalue weighted by Gasteiger charge is 2.30. The van der Waals surface area contributed by atoms with Crippen LogP contribution >= 0.6 is 0 Å². The van der Waals surface area contributed by atoms with E-state index in [-0.39, 0.29) is 12.1 Å². The molecule has 5 nitrogen and oxygen atoms in total. The molecule has 0 aliphatic carbocycles. The summed E-state index contributed by atoms with van der Waals surface area (Å²) in [5.74, 6) is 0.352. The van der Waals surface area contributed by atoms with Crippen molar-refractivity contribution in [2.24, 2.45) is 0 Å². The summed E-state index contributed by atoms with van der Waals surface area (Å²) in [5, 5.41) is 0. The van der Waals surface area contributed by atoms with Gasteiger partial charge in [-0.05, 0) is 42.0 Å². The van der Waals surface area contributed by atoms with Crippen LogP contribution in [0.25, 0.3) is 28.1 Å². The van der Waals surface area contributed by atoms with Crippen LogP contribution in [-0.2, 0) is 12.7 Å². The van der Waals surface area contributed by atoms with Gasteiger partial charge in [0.05, 0.1) is 28.8 Å². The van der Waals surface area contributed by atoms with Crippen LogP contribution in [0.15, 0.2) is 83.9 Å². The van der Waals surface area contributed by atoms with E-state index in [9.17, 15) is 18.0 Å². The number of halogens is 3. The number of imidazole rings is 1. The van der Waals surface area contributed by atoms with Crippen molar-refractivity contribution in [3.05, 3.63) is 101 Å². The molecule has 0 fully saturated rings. The second-order valence-electron chi connectivity index (χ2n) is 7.13. The van der Waals surface area contributed by atoms with E-state index in [1.165, 1.54) is 16.5 Å². The molecule has 8 heteroatoms. The van der Waals surface area contributed by atoms with Crippen molar-refractivity contribution < 1.29 is 13.2 Å². The Morgan fingerprint density at radius 1 is 0.903 bits per heavy atom. The number of aromatic nitrogens is 4. The van der Waals surface area contributed by atoms with Gasteiger partial charge in [-0.1, -0.05) is 24.3 Å². The van der Waals surface area contributed by atoms with Crippen LogP contribution in [0.4, 0.5) is 13.2 Å². The summed E-state index contributed by atoms with van der Waals surface area (Å²) < 4.78 is 42.8. The molecule has 154 valence electrons. The van der Waals surface area contributed by atoms with E-state index in [0.717, 1.165) is 12.1 Å². The summed E-state index contributed by atoms with van der Waals surface area (Å²) in [6.45, 7) is 0.129. The van der Waals surface area contributed by atoms with Gasteiger partial charge in [0.15, 0.2) is 0 Å². The zero-order valence-electron chi connectivity index (χ0n) is 16.0. The van der Waals surface area contributed by atoms with Gasteiger partial charge in [0.2, 0.25) is 5.78 Å². The molecule has 0 aliphatic rings. The maximum Gasteiger partial charge on any atom is 0.416 e. The number of fused-ring (bicyclic) bond motifs is 3. The molecule has 0 aliphatic heterocycles. The molecule has 0 atom stereocenters. The van der Waals surface area contributed by atoms with Crippen LogP contribution in [0, 0.1) is 0 Å². The average molecular weight is 420 g/mol. The second-order valence-corrected chi connectivity index (χ2v) is 7.13. The maximum atomic E-state index is 13.2. The van der Waals surface area contributed by atoms with E-state index in [1.54, 1.807) is 47.3 Å². The van der Waals surface area contributed by atoms with Gasteiger partial charge >= 0.3 is 6.18 Å². The molecule has 0 spiro atoms. The predicted molar refractivity (Wildman–Crippen MR) is 111 cm³/mol. The highest BCUT2D eigenvalue weighted by Crippen LogP contribution is 2.30. The van der Waals surface area contributed by atoms with Crippen LogP contribution in [0.2, 0.25) is 0 Å². The minimum atomic E-state index is -4.43. The number of para-hydroxylation sites is 2. The van der Waals surface area contributed by atoms with Gasteiger partial charge in [-0.15, -0.1) is 0 Å². The molecule has 3 heterocycles. The van der Waals surface area contributed by atoms with Crippen molar-refractivity contribution in [2.45, 2.75) is 12.7 Å². The minimum Gasteiger partial charge on any atom is -0.305 e. The standard InChI is InChI=1S/C23H15F3N4O/c24-23(25,26)17-7-3-5-15(11-17)14-29-19-8-1-2-9-20(19)30-21(31)12-18(28-22(29)30)16-6-4-10-27-13-16/h1-13H,14H2. The molecule has 0 saturated carbocycles. The fourth-order valence-corrected chi connectivity index (χ4v) is 3.71. The normalized spacial score (nSPS) is 12.0. The van der Waals surface area contributed by atoms with E-state index < -0.39 is 11.7 Å². The van der Waals surface area contributed by atoms with Gasteiger partial charge in [0.1, 0.15) is 0 Å². The topological polar surface area (TPSA) is 52.2 Å². The Balaban J connectivity index is 1.75. The minimum absolute atomic E-state index is 0.129. The SMILES string of the molecule is O=c1cc(-c2cccnc2)nc2n(Cc3cccc(C(F)(F)F)c3)c3ccccc3n12. The van der Waals surface area contributed by atoms with Gasteiger partial charge in [-0.25, -0.2) is 9.38 Å². The number of pyridine rings is 1. The first kappa shape index (κ1) is 19.0. The van der Waals surface area contributed by atoms with Crippen LogP contribution < -0.4 is 5.56 Å². The average Bonchev–Trinajstić information content (AvgIpc) is 3.08. The van der Waals surface area contributed by atoms with E-state index in [1.807, 2.05) is 12.1 Å². The largest absolute Gasteiger partial charge is 0.416 e. The fourth-order valence-electron chi connectivity index (χ4n) is 3.71. The zero-order valence-corrected chi connectivity index (χ0v) is 16.0. The third-order valence-electron chi connectivity index (χ3n) is 5.11. The first-order valence-corrected chi connectivity index (χ1v) is 9.49. The zero-order chi connectivity index (χ0) is 21.6. The Kier molecular flexibility index (Phi) is 4.35. The summed E-state index contributed by atoms with van der Waals surface area (Å²) in [5.41, 5.74) is 1.94. The van der Waals surface area contributed by atoms with Crippen molar-refractivity contribution in [1.29, 1.82) is 0 Å². The van der Waals surface area contributed by atoms with Crippen molar-refractivity contribution in [1.82, 2.24) is 18.9 Å². The lowest BCUT2D eigenvalue weighted by molar-refractivity contribution is -0.137. The van der Waals surface area contributed by atoms with Crippen LogP contribution in [0.3, 0.4) is 0 Å². The molecule has 0 amide bonds. The van der Waals surface area contributed by atoms with Crippen molar-refractivity contribution in [2.75, 3.05) is 0 Å². The van der Waals surface area contributed by atoms with Crippen LogP contribution in [-0.4, -0.2) is 18.9 Å². The Morgan fingerprint density at radius 3 is 2.45 bits per heavy atom. The molecular weight excluding hydrogens is 405 g/mol. The molecule has 5 rings (SSSR count). The molecule has 0 N–H and O–H groups in total. The number of benzene rings is 2. The van der Waals surface area contributed by atoms with Crippen molar-refractivity contribution in [3.63, 3.8) is 0 Å². The summed E-state index contributed by atoms with van der Waals surface area (Å²) in [4.78, 5) is 21.7. The van der Waals surface area contributed by atoms with Crippen LogP contribution in [0.5, 0.6) is 0 Å². The van der Waals surface area contributed by atoms with E-state index >= 15 is 0 Å². The number of hydrogen-bond acceptors (Lipinski definition) is 3. The number of hydrogen-bond donors (Lipinski definition) is 0. The summed E-state index contributed by atoms with van der Waals surface area (Å²) in [6.07, 6.45) is -1.20. The van der Waals surface area contributed by atoms with Crippen molar-refractivity contribution in [3.8, 4) is 11.3 Å². The number of rotatable bonds is 3. The Labute approximate surface area is 174 Å². The first-order chi connectivity index (χ1) is 14.9. The van der Waals surface area contributed by atoms with E-state index in [2.05, 4.69) is 9.97 Å².